The summed E-state index contributed by atoms with van der Waals surface area (Å²) in [7, 11) is 0. The van der Waals surface area contributed by atoms with Gasteiger partial charge in [0.05, 0.1) is 17.2 Å². The summed E-state index contributed by atoms with van der Waals surface area (Å²) in [4.78, 5) is 11.7. The maximum Gasteiger partial charge on any atom is 0.336 e. The molecule has 24 heavy (non-hydrogen) atoms. The number of aryl methyl sites for hydroxylation is 2. The van der Waals surface area contributed by atoms with Crippen molar-refractivity contribution in [2.75, 3.05) is 6.61 Å². The Morgan fingerprint density at radius 3 is 2.50 bits per heavy atom. The molecule has 0 aliphatic carbocycles. The molecule has 4 nitrogen and oxygen atoms in total. The third-order valence-electron chi connectivity index (χ3n) is 3.71. The van der Waals surface area contributed by atoms with E-state index < -0.39 is 5.97 Å². The standard InChI is InChI=1S/C19H19ClO4/c1-4-24-17-10-13(9-16(20)18(17)21)8-15(19(22)23)14-6-5-11(2)12(3)7-14/h5-10,21H,4H2,1-3H3,(H,22,23)/b15-8-. The van der Waals surface area contributed by atoms with Crippen molar-refractivity contribution in [3.8, 4) is 11.5 Å². The van der Waals surface area contributed by atoms with Crippen molar-refractivity contribution < 1.29 is 19.7 Å². The average molecular weight is 347 g/mol. The molecule has 2 aromatic carbocycles. The van der Waals surface area contributed by atoms with E-state index in [1.54, 1.807) is 19.1 Å². The van der Waals surface area contributed by atoms with Crippen LogP contribution in [0, 0.1) is 13.8 Å². The highest BCUT2D eigenvalue weighted by molar-refractivity contribution is 6.32. The Morgan fingerprint density at radius 1 is 1.21 bits per heavy atom. The number of rotatable bonds is 5. The minimum Gasteiger partial charge on any atom is -0.503 e. The van der Waals surface area contributed by atoms with Gasteiger partial charge < -0.3 is 14.9 Å². The van der Waals surface area contributed by atoms with Gasteiger partial charge in [0, 0.05) is 0 Å². The van der Waals surface area contributed by atoms with E-state index in [-0.39, 0.29) is 22.1 Å². The summed E-state index contributed by atoms with van der Waals surface area (Å²) in [5.41, 5.74) is 3.39. The summed E-state index contributed by atoms with van der Waals surface area (Å²) >= 11 is 6.00. The lowest BCUT2D eigenvalue weighted by atomic mass is 9.98. The molecule has 0 fully saturated rings. The van der Waals surface area contributed by atoms with Crippen molar-refractivity contribution in [3.05, 3.63) is 57.6 Å². The predicted molar refractivity (Wildman–Crippen MR) is 95.7 cm³/mol. The van der Waals surface area contributed by atoms with Crippen molar-refractivity contribution in [1.29, 1.82) is 0 Å². The second kappa shape index (κ2) is 7.41. The highest BCUT2D eigenvalue weighted by Gasteiger charge is 2.14. The van der Waals surface area contributed by atoms with E-state index in [9.17, 15) is 15.0 Å². The van der Waals surface area contributed by atoms with Crippen LogP contribution in [0.15, 0.2) is 30.3 Å². The molecule has 0 aromatic heterocycles. The number of carboxylic acids is 1. The van der Waals surface area contributed by atoms with Crippen LogP contribution in [0.3, 0.4) is 0 Å². The van der Waals surface area contributed by atoms with Gasteiger partial charge in [0.1, 0.15) is 0 Å². The molecule has 0 saturated carbocycles. The van der Waals surface area contributed by atoms with Crippen molar-refractivity contribution in [3.63, 3.8) is 0 Å². The van der Waals surface area contributed by atoms with Gasteiger partial charge in [-0.25, -0.2) is 4.79 Å². The van der Waals surface area contributed by atoms with E-state index in [4.69, 9.17) is 16.3 Å². The zero-order chi connectivity index (χ0) is 17.9. The number of carbonyl (C=O) groups is 1. The summed E-state index contributed by atoms with van der Waals surface area (Å²) in [6.07, 6.45) is 1.51. The van der Waals surface area contributed by atoms with Crippen molar-refractivity contribution in [2.24, 2.45) is 0 Å². The van der Waals surface area contributed by atoms with Gasteiger partial charge in [0.2, 0.25) is 0 Å². The molecule has 0 aliphatic heterocycles. The second-order valence-electron chi connectivity index (χ2n) is 5.44. The first kappa shape index (κ1) is 17.9. The van der Waals surface area contributed by atoms with Gasteiger partial charge in [-0.05, 0) is 61.2 Å². The maximum absolute atomic E-state index is 11.7. The van der Waals surface area contributed by atoms with Gasteiger partial charge in [0.25, 0.3) is 0 Å². The predicted octanol–water partition coefficient (Wildman–Crippen LogP) is 4.69. The summed E-state index contributed by atoms with van der Waals surface area (Å²) in [6.45, 7) is 6.05. The number of phenolic OH excluding ortho intramolecular Hbond substituents is 1. The van der Waals surface area contributed by atoms with Crippen LogP contribution >= 0.6 is 11.6 Å². The minimum atomic E-state index is -1.04. The van der Waals surface area contributed by atoms with Gasteiger partial charge in [-0.15, -0.1) is 0 Å². The van der Waals surface area contributed by atoms with E-state index in [0.717, 1.165) is 11.1 Å². The van der Waals surface area contributed by atoms with Crippen LogP contribution in [0.4, 0.5) is 0 Å². The Kier molecular flexibility index (Phi) is 5.52. The van der Waals surface area contributed by atoms with Crippen LogP contribution < -0.4 is 4.74 Å². The zero-order valence-corrected chi connectivity index (χ0v) is 14.5. The van der Waals surface area contributed by atoms with Gasteiger partial charge in [0.15, 0.2) is 11.5 Å². The molecule has 0 bridgehead atoms. The van der Waals surface area contributed by atoms with Gasteiger partial charge in [-0.3, -0.25) is 0 Å². The van der Waals surface area contributed by atoms with Crippen LogP contribution in [0.2, 0.25) is 5.02 Å². The summed E-state index contributed by atoms with van der Waals surface area (Å²) < 4.78 is 5.33. The number of phenols is 1. The van der Waals surface area contributed by atoms with E-state index in [1.807, 2.05) is 26.0 Å². The van der Waals surface area contributed by atoms with Crippen LogP contribution in [0.25, 0.3) is 11.6 Å². The van der Waals surface area contributed by atoms with E-state index in [1.165, 1.54) is 12.1 Å². The van der Waals surface area contributed by atoms with Gasteiger partial charge in [-0.2, -0.15) is 0 Å². The normalized spacial score (nSPS) is 11.4. The number of halogens is 1. The molecule has 2 aromatic rings. The molecule has 5 heteroatoms. The first-order chi connectivity index (χ1) is 11.3. The first-order valence-electron chi connectivity index (χ1n) is 7.51. The van der Waals surface area contributed by atoms with Crippen LogP contribution in [0.5, 0.6) is 11.5 Å². The molecule has 126 valence electrons. The molecular weight excluding hydrogens is 328 g/mol. The number of aromatic hydroxyl groups is 1. The second-order valence-corrected chi connectivity index (χ2v) is 5.85. The number of benzene rings is 2. The van der Waals surface area contributed by atoms with Crippen LogP contribution in [-0.2, 0) is 4.79 Å². The molecule has 0 saturated heterocycles. The third-order valence-corrected chi connectivity index (χ3v) is 4.00. The number of ether oxygens (including phenoxy) is 1. The Bertz CT molecular complexity index is 809. The Balaban J connectivity index is 2.55. The lowest BCUT2D eigenvalue weighted by Gasteiger charge is -2.10. The molecular formula is C19H19ClO4. The Labute approximate surface area is 146 Å². The lowest BCUT2D eigenvalue weighted by Crippen LogP contribution is -2.01. The van der Waals surface area contributed by atoms with E-state index >= 15 is 0 Å². The molecule has 0 aliphatic rings. The number of carboxylic acid groups (broad SMARTS) is 1. The van der Waals surface area contributed by atoms with Gasteiger partial charge >= 0.3 is 5.97 Å². The van der Waals surface area contributed by atoms with E-state index in [0.29, 0.717) is 17.7 Å². The Morgan fingerprint density at radius 2 is 1.92 bits per heavy atom. The fraction of sp³-hybridized carbons (Fsp3) is 0.211. The first-order valence-corrected chi connectivity index (χ1v) is 7.89. The number of hydrogen-bond donors (Lipinski definition) is 2. The molecule has 0 amide bonds. The van der Waals surface area contributed by atoms with E-state index in [2.05, 4.69) is 0 Å². The number of aliphatic carboxylic acids is 1. The molecule has 0 radical (unpaired) electrons. The molecule has 2 N–H and O–H groups in total. The van der Waals surface area contributed by atoms with Crippen LogP contribution in [0.1, 0.15) is 29.2 Å². The quantitative estimate of drug-likeness (QED) is 0.609. The highest BCUT2D eigenvalue weighted by Crippen LogP contribution is 2.36. The van der Waals surface area contributed by atoms with Crippen molar-refractivity contribution in [1.82, 2.24) is 0 Å². The molecule has 0 atom stereocenters. The maximum atomic E-state index is 11.7. The highest BCUT2D eigenvalue weighted by atomic mass is 35.5. The summed E-state index contributed by atoms with van der Waals surface area (Å²) in [5, 5.41) is 19.6. The number of hydrogen-bond acceptors (Lipinski definition) is 3. The smallest absolute Gasteiger partial charge is 0.336 e. The Hall–Kier alpha value is -2.46. The SMILES string of the molecule is CCOc1cc(/C=C(\C(=O)O)c2ccc(C)c(C)c2)cc(Cl)c1O. The minimum absolute atomic E-state index is 0.108. The largest absolute Gasteiger partial charge is 0.503 e. The fourth-order valence-electron chi connectivity index (χ4n) is 2.29. The van der Waals surface area contributed by atoms with Crippen molar-refractivity contribution >= 4 is 29.2 Å². The third kappa shape index (κ3) is 3.89. The van der Waals surface area contributed by atoms with Crippen LogP contribution in [-0.4, -0.2) is 22.8 Å². The molecule has 2 rings (SSSR count). The molecule has 0 heterocycles. The van der Waals surface area contributed by atoms with Crippen molar-refractivity contribution in [2.45, 2.75) is 20.8 Å². The molecule has 0 spiro atoms. The molecule has 0 unspecified atom stereocenters. The summed E-state index contributed by atoms with van der Waals surface area (Å²) in [5.74, 6) is -0.972. The van der Waals surface area contributed by atoms with Gasteiger partial charge in [-0.1, -0.05) is 29.8 Å². The average Bonchev–Trinajstić information content (AvgIpc) is 2.52. The monoisotopic (exact) mass is 346 g/mol. The summed E-state index contributed by atoms with van der Waals surface area (Å²) in [6, 6.07) is 8.56. The topological polar surface area (TPSA) is 66.8 Å². The fourth-order valence-corrected chi connectivity index (χ4v) is 2.51. The lowest BCUT2D eigenvalue weighted by molar-refractivity contribution is -0.130. The zero-order valence-electron chi connectivity index (χ0n) is 13.8.